The van der Waals surface area contributed by atoms with E-state index in [-0.39, 0.29) is 11.7 Å². The number of nitrogens with one attached hydrogen (secondary N) is 2. The number of rotatable bonds is 4. The van der Waals surface area contributed by atoms with Gasteiger partial charge in [-0.25, -0.2) is 13.6 Å². The first kappa shape index (κ1) is 17.6. The second-order valence-corrected chi connectivity index (χ2v) is 7.21. The fourth-order valence-corrected chi connectivity index (χ4v) is 3.72. The third kappa shape index (κ3) is 3.99. The highest BCUT2D eigenvalue weighted by Gasteiger charge is 2.43. The van der Waals surface area contributed by atoms with Crippen LogP contribution < -0.4 is 10.6 Å². The van der Waals surface area contributed by atoms with Crippen LogP contribution in [0.4, 0.5) is 19.4 Å². The Kier molecular flexibility index (Phi) is 4.63. The number of nitrogens with zero attached hydrogens (tertiary/aromatic N) is 2. The second-order valence-electron chi connectivity index (χ2n) is 7.21. The first-order valence-electron chi connectivity index (χ1n) is 9.02. The normalized spacial score (nSPS) is 24.5. The molecule has 1 amide bonds. The van der Waals surface area contributed by atoms with Gasteiger partial charge in [0.25, 0.3) is 0 Å². The zero-order chi connectivity index (χ0) is 18.9. The predicted octanol–water partition coefficient (Wildman–Crippen LogP) is 3.50. The van der Waals surface area contributed by atoms with Gasteiger partial charge in [0.1, 0.15) is 23.1 Å². The van der Waals surface area contributed by atoms with E-state index >= 15 is 0 Å². The molecule has 142 valence electrons. The molecule has 2 heterocycles. The van der Waals surface area contributed by atoms with Gasteiger partial charge in [-0.15, -0.1) is 10.2 Å². The Balaban J connectivity index is 1.31. The SMILES string of the molecule is O=C1NC[C@]2(CC[C@@H](CNc3ccc(-c4cc(F)cc(F)c4)nn3)CC2)O1. The summed E-state index contributed by atoms with van der Waals surface area (Å²) < 4.78 is 32.1. The maximum atomic E-state index is 13.3. The molecule has 6 nitrogen and oxygen atoms in total. The molecule has 4 rings (SSSR count). The van der Waals surface area contributed by atoms with E-state index in [1.165, 1.54) is 12.1 Å². The van der Waals surface area contributed by atoms with Gasteiger partial charge in [-0.2, -0.15) is 0 Å². The number of carbonyl (C=O) groups is 1. The van der Waals surface area contributed by atoms with Gasteiger partial charge in [0, 0.05) is 18.2 Å². The predicted molar refractivity (Wildman–Crippen MR) is 95.0 cm³/mol. The van der Waals surface area contributed by atoms with Crippen molar-refractivity contribution < 1.29 is 18.3 Å². The molecule has 0 radical (unpaired) electrons. The number of aromatic nitrogens is 2. The highest BCUT2D eigenvalue weighted by atomic mass is 19.1. The second kappa shape index (κ2) is 7.09. The molecule has 1 aromatic heterocycles. The van der Waals surface area contributed by atoms with Crippen LogP contribution in [0.2, 0.25) is 0 Å². The molecule has 1 aliphatic heterocycles. The molecule has 27 heavy (non-hydrogen) atoms. The molecule has 8 heteroatoms. The molecule has 2 fully saturated rings. The number of hydrogen-bond acceptors (Lipinski definition) is 5. The van der Waals surface area contributed by atoms with Crippen LogP contribution in [0.25, 0.3) is 11.3 Å². The number of alkyl carbamates (subject to hydrolysis) is 1. The van der Waals surface area contributed by atoms with Crippen molar-refractivity contribution in [1.29, 1.82) is 0 Å². The van der Waals surface area contributed by atoms with E-state index in [1.54, 1.807) is 12.1 Å². The fourth-order valence-electron chi connectivity index (χ4n) is 3.72. The molecule has 2 aromatic rings. The maximum Gasteiger partial charge on any atom is 0.407 e. The van der Waals surface area contributed by atoms with E-state index in [0.29, 0.717) is 29.5 Å². The van der Waals surface area contributed by atoms with Crippen LogP contribution in [-0.2, 0) is 4.74 Å². The topological polar surface area (TPSA) is 76.1 Å². The van der Waals surface area contributed by atoms with E-state index in [0.717, 1.165) is 38.3 Å². The molecule has 1 aromatic carbocycles. The number of amides is 1. The number of anilines is 1. The monoisotopic (exact) mass is 374 g/mol. The lowest BCUT2D eigenvalue weighted by Gasteiger charge is -2.34. The van der Waals surface area contributed by atoms with Gasteiger partial charge in [-0.1, -0.05) is 0 Å². The van der Waals surface area contributed by atoms with Gasteiger partial charge in [0.15, 0.2) is 0 Å². The minimum atomic E-state index is -0.646. The Hall–Kier alpha value is -2.77. The number of carbonyl (C=O) groups excluding carboxylic acids is 1. The molecule has 2 aliphatic rings. The summed E-state index contributed by atoms with van der Waals surface area (Å²) in [6.07, 6.45) is 3.33. The number of ether oxygens (including phenoxy) is 1. The largest absolute Gasteiger partial charge is 0.441 e. The van der Waals surface area contributed by atoms with E-state index in [2.05, 4.69) is 20.8 Å². The third-order valence-corrected chi connectivity index (χ3v) is 5.28. The van der Waals surface area contributed by atoms with Crippen LogP contribution in [0.15, 0.2) is 30.3 Å². The number of hydrogen-bond donors (Lipinski definition) is 2. The molecule has 1 saturated heterocycles. The lowest BCUT2D eigenvalue weighted by atomic mass is 9.79. The van der Waals surface area contributed by atoms with Crippen molar-refractivity contribution in [3.8, 4) is 11.3 Å². The van der Waals surface area contributed by atoms with Gasteiger partial charge < -0.3 is 15.4 Å². The Morgan fingerprint density at radius 1 is 1.15 bits per heavy atom. The van der Waals surface area contributed by atoms with Gasteiger partial charge >= 0.3 is 6.09 Å². The van der Waals surface area contributed by atoms with E-state index in [4.69, 9.17) is 4.74 Å². The summed E-state index contributed by atoms with van der Waals surface area (Å²) in [4.78, 5) is 11.3. The van der Waals surface area contributed by atoms with Crippen molar-refractivity contribution in [2.75, 3.05) is 18.4 Å². The van der Waals surface area contributed by atoms with Crippen molar-refractivity contribution in [2.24, 2.45) is 5.92 Å². The Labute approximate surface area is 155 Å². The zero-order valence-corrected chi connectivity index (χ0v) is 14.7. The van der Waals surface area contributed by atoms with Crippen LogP contribution in [0.5, 0.6) is 0 Å². The lowest BCUT2D eigenvalue weighted by Crippen LogP contribution is -2.39. The van der Waals surface area contributed by atoms with Crippen LogP contribution in [0.1, 0.15) is 25.7 Å². The highest BCUT2D eigenvalue weighted by Crippen LogP contribution is 2.36. The third-order valence-electron chi connectivity index (χ3n) is 5.28. The van der Waals surface area contributed by atoms with Crippen LogP contribution in [-0.4, -0.2) is 35.0 Å². The number of benzene rings is 1. The first-order chi connectivity index (χ1) is 13.0. The van der Waals surface area contributed by atoms with Crippen molar-refractivity contribution >= 4 is 11.9 Å². The van der Waals surface area contributed by atoms with Crippen LogP contribution in [0, 0.1) is 17.6 Å². The summed E-state index contributed by atoms with van der Waals surface area (Å²) >= 11 is 0. The Bertz CT molecular complexity index is 816. The summed E-state index contributed by atoms with van der Waals surface area (Å²) in [5.74, 6) is -0.210. The molecular formula is C19H20F2N4O2. The van der Waals surface area contributed by atoms with Gasteiger partial charge in [0.2, 0.25) is 0 Å². The van der Waals surface area contributed by atoms with E-state index < -0.39 is 11.6 Å². The van der Waals surface area contributed by atoms with Crippen molar-refractivity contribution in [2.45, 2.75) is 31.3 Å². The Morgan fingerprint density at radius 2 is 1.89 bits per heavy atom. The summed E-state index contributed by atoms with van der Waals surface area (Å²) in [5.41, 5.74) is 0.438. The standard InChI is InChI=1S/C19H20F2N4O2/c20-14-7-13(8-15(21)9-14)16-1-2-17(25-24-16)22-10-12-3-5-19(6-4-12)11-23-18(26)27-19/h1-2,7-9,12H,3-6,10-11H2,(H,22,25)(H,23,26)/t12-,19-. The molecule has 1 aliphatic carbocycles. The Morgan fingerprint density at radius 3 is 2.48 bits per heavy atom. The number of halogens is 2. The van der Waals surface area contributed by atoms with Crippen molar-refractivity contribution in [3.63, 3.8) is 0 Å². The van der Waals surface area contributed by atoms with Crippen LogP contribution in [0.3, 0.4) is 0 Å². The first-order valence-corrected chi connectivity index (χ1v) is 9.02. The molecule has 0 bridgehead atoms. The highest BCUT2D eigenvalue weighted by molar-refractivity contribution is 5.70. The quantitative estimate of drug-likeness (QED) is 0.857. The molecule has 0 unspecified atom stereocenters. The lowest BCUT2D eigenvalue weighted by molar-refractivity contribution is 0.0148. The molecule has 0 atom stereocenters. The fraction of sp³-hybridized carbons (Fsp3) is 0.421. The van der Waals surface area contributed by atoms with Gasteiger partial charge in [-0.05, 0) is 55.9 Å². The zero-order valence-electron chi connectivity index (χ0n) is 14.7. The average molecular weight is 374 g/mol. The summed E-state index contributed by atoms with van der Waals surface area (Å²) in [7, 11) is 0. The van der Waals surface area contributed by atoms with E-state index in [1.807, 2.05) is 0 Å². The van der Waals surface area contributed by atoms with Crippen molar-refractivity contribution in [1.82, 2.24) is 15.5 Å². The minimum Gasteiger partial charge on any atom is -0.441 e. The molecular weight excluding hydrogens is 354 g/mol. The summed E-state index contributed by atoms with van der Waals surface area (Å²) in [6, 6.07) is 6.70. The van der Waals surface area contributed by atoms with Crippen LogP contribution >= 0.6 is 0 Å². The molecule has 1 saturated carbocycles. The molecule has 1 spiro atoms. The summed E-state index contributed by atoms with van der Waals surface area (Å²) in [6.45, 7) is 1.35. The smallest absolute Gasteiger partial charge is 0.407 e. The minimum absolute atomic E-state index is 0.319. The van der Waals surface area contributed by atoms with E-state index in [9.17, 15) is 13.6 Å². The average Bonchev–Trinajstić information content (AvgIpc) is 3.01. The van der Waals surface area contributed by atoms with Crippen molar-refractivity contribution in [3.05, 3.63) is 42.0 Å². The maximum absolute atomic E-state index is 13.3. The van der Waals surface area contributed by atoms with Gasteiger partial charge in [-0.3, -0.25) is 0 Å². The van der Waals surface area contributed by atoms with Gasteiger partial charge in [0.05, 0.1) is 12.2 Å². The molecule has 2 N–H and O–H groups in total. The summed E-state index contributed by atoms with van der Waals surface area (Å²) in [5, 5.41) is 14.1.